The van der Waals surface area contributed by atoms with E-state index < -0.39 is 0 Å². The molecule has 3 heteroatoms. The second-order valence-electron chi connectivity index (χ2n) is 4.71. The van der Waals surface area contributed by atoms with E-state index in [1.54, 1.807) is 0 Å². The molecular formula is C14H15N3. The van der Waals surface area contributed by atoms with E-state index >= 15 is 0 Å². The topological polar surface area (TPSA) is 41.6 Å². The third-order valence-electron chi connectivity index (χ3n) is 3.30. The minimum atomic E-state index is 0.652. The van der Waals surface area contributed by atoms with Crippen LogP contribution < -0.4 is 0 Å². The van der Waals surface area contributed by atoms with Crippen molar-refractivity contribution in [3.63, 3.8) is 0 Å². The molecule has 0 radical (unpaired) electrons. The van der Waals surface area contributed by atoms with Gasteiger partial charge in [0.15, 0.2) is 0 Å². The van der Waals surface area contributed by atoms with Gasteiger partial charge in [-0.3, -0.25) is 0 Å². The van der Waals surface area contributed by atoms with Crippen LogP contribution in [0.3, 0.4) is 0 Å². The standard InChI is InChI=1S/C14H15N3/c1-2-7-17-13-6-3-10(9-15)8-12(13)16-14(17)11-4-5-11/h3,6,8,11H,2,4-5,7H2,1H3. The lowest BCUT2D eigenvalue weighted by atomic mass is 10.2. The molecule has 0 saturated heterocycles. The molecule has 2 aromatic rings. The summed E-state index contributed by atoms with van der Waals surface area (Å²) >= 11 is 0. The number of aryl methyl sites for hydroxylation is 1. The molecule has 0 spiro atoms. The quantitative estimate of drug-likeness (QED) is 0.805. The van der Waals surface area contributed by atoms with Crippen LogP contribution in [-0.4, -0.2) is 9.55 Å². The van der Waals surface area contributed by atoms with Crippen molar-refractivity contribution in [3.8, 4) is 6.07 Å². The van der Waals surface area contributed by atoms with Crippen molar-refractivity contribution in [1.29, 1.82) is 5.26 Å². The van der Waals surface area contributed by atoms with E-state index in [0.717, 1.165) is 18.5 Å². The van der Waals surface area contributed by atoms with E-state index in [2.05, 4.69) is 17.6 Å². The molecule has 1 aliphatic carbocycles. The van der Waals surface area contributed by atoms with Gasteiger partial charge in [-0.1, -0.05) is 6.92 Å². The van der Waals surface area contributed by atoms with Crippen molar-refractivity contribution in [1.82, 2.24) is 9.55 Å². The van der Waals surface area contributed by atoms with Crippen LogP contribution in [0.2, 0.25) is 0 Å². The number of rotatable bonds is 3. The Morgan fingerprint density at radius 3 is 2.94 bits per heavy atom. The van der Waals surface area contributed by atoms with Crippen LogP contribution in [0, 0.1) is 11.3 Å². The maximum absolute atomic E-state index is 8.91. The zero-order chi connectivity index (χ0) is 11.8. The van der Waals surface area contributed by atoms with E-state index in [4.69, 9.17) is 10.2 Å². The summed E-state index contributed by atoms with van der Waals surface area (Å²) in [6, 6.07) is 7.98. The Morgan fingerprint density at radius 1 is 1.47 bits per heavy atom. The van der Waals surface area contributed by atoms with Gasteiger partial charge in [-0.05, 0) is 37.5 Å². The molecule has 0 N–H and O–H groups in total. The van der Waals surface area contributed by atoms with Gasteiger partial charge >= 0.3 is 0 Å². The van der Waals surface area contributed by atoms with E-state index in [-0.39, 0.29) is 0 Å². The fraction of sp³-hybridized carbons (Fsp3) is 0.429. The normalized spacial score (nSPS) is 15.1. The Kier molecular flexibility index (Phi) is 2.36. The summed E-state index contributed by atoms with van der Waals surface area (Å²) in [5, 5.41) is 8.91. The molecule has 0 unspecified atom stereocenters. The first-order chi connectivity index (χ1) is 8.33. The van der Waals surface area contributed by atoms with Crippen molar-refractivity contribution in [3.05, 3.63) is 29.6 Å². The molecule has 1 aromatic carbocycles. The van der Waals surface area contributed by atoms with Gasteiger partial charge in [0.2, 0.25) is 0 Å². The summed E-state index contributed by atoms with van der Waals surface area (Å²) in [7, 11) is 0. The largest absolute Gasteiger partial charge is 0.328 e. The first kappa shape index (κ1) is 10.3. The molecule has 1 aromatic heterocycles. The van der Waals surface area contributed by atoms with Gasteiger partial charge in [0.25, 0.3) is 0 Å². The first-order valence-corrected chi connectivity index (χ1v) is 6.23. The summed E-state index contributed by atoms with van der Waals surface area (Å²) < 4.78 is 2.33. The Labute approximate surface area is 101 Å². The monoisotopic (exact) mass is 225 g/mol. The van der Waals surface area contributed by atoms with Crippen LogP contribution in [0.4, 0.5) is 0 Å². The van der Waals surface area contributed by atoms with Crippen LogP contribution >= 0.6 is 0 Å². The number of aromatic nitrogens is 2. The fourth-order valence-corrected chi connectivity index (χ4v) is 2.33. The molecule has 1 heterocycles. The smallest absolute Gasteiger partial charge is 0.112 e. The fourth-order valence-electron chi connectivity index (χ4n) is 2.33. The summed E-state index contributed by atoms with van der Waals surface area (Å²) in [6.45, 7) is 3.21. The van der Waals surface area contributed by atoms with Gasteiger partial charge in [0.1, 0.15) is 5.82 Å². The van der Waals surface area contributed by atoms with Crippen molar-refractivity contribution >= 4 is 11.0 Å². The molecule has 3 nitrogen and oxygen atoms in total. The third-order valence-corrected chi connectivity index (χ3v) is 3.30. The molecule has 0 atom stereocenters. The molecule has 1 aliphatic rings. The minimum absolute atomic E-state index is 0.652. The minimum Gasteiger partial charge on any atom is -0.328 e. The van der Waals surface area contributed by atoms with Gasteiger partial charge < -0.3 is 4.57 Å². The number of nitriles is 1. The molecule has 0 bridgehead atoms. The van der Waals surface area contributed by atoms with Crippen molar-refractivity contribution < 1.29 is 0 Å². The highest BCUT2D eigenvalue weighted by Gasteiger charge is 2.29. The average Bonchev–Trinajstić information content (AvgIpc) is 3.13. The number of hydrogen-bond donors (Lipinski definition) is 0. The zero-order valence-corrected chi connectivity index (χ0v) is 9.98. The predicted octanol–water partition coefficient (Wildman–Crippen LogP) is 3.20. The molecule has 1 fully saturated rings. The van der Waals surface area contributed by atoms with Crippen LogP contribution in [0.5, 0.6) is 0 Å². The maximum Gasteiger partial charge on any atom is 0.112 e. The second-order valence-corrected chi connectivity index (χ2v) is 4.71. The van der Waals surface area contributed by atoms with Crippen LogP contribution in [-0.2, 0) is 6.54 Å². The zero-order valence-electron chi connectivity index (χ0n) is 9.98. The molecule has 0 amide bonds. The SMILES string of the molecule is CCCn1c(C2CC2)nc2cc(C#N)ccc21. The van der Waals surface area contributed by atoms with Gasteiger partial charge in [-0.15, -0.1) is 0 Å². The molecule has 86 valence electrons. The first-order valence-electron chi connectivity index (χ1n) is 6.23. The van der Waals surface area contributed by atoms with E-state index in [9.17, 15) is 0 Å². The lowest BCUT2D eigenvalue weighted by Crippen LogP contribution is -2.01. The molecular weight excluding hydrogens is 210 g/mol. The van der Waals surface area contributed by atoms with Crippen molar-refractivity contribution in [2.75, 3.05) is 0 Å². The molecule has 3 rings (SSSR count). The van der Waals surface area contributed by atoms with Gasteiger partial charge in [-0.2, -0.15) is 5.26 Å². The highest BCUT2D eigenvalue weighted by atomic mass is 15.1. The van der Waals surface area contributed by atoms with Gasteiger partial charge in [0, 0.05) is 12.5 Å². The Hall–Kier alpha value is -1.82. The van der Waals surface area contributed by atoms with Crippen molar-refractivity contribution in [2.24, 2.45) is 0 Å². The molecule has 1 saturated carbocycles. The number of imidazole rings is 1. The number of benzene rings is 1. The lowest BCUT2D eigenvalue weighted by Gasteiger charge is -2.06. The van der Waals surface area contributed by atoms with E-state index in [0.29, 0.717) is 11.5 Å². The number of nitrogens with zero attached hydrogens (tertiary/aromatic N) is 3. The number of fused-ring (bicyclic) bond motifs is 1. The Balaban J connectivity index is 2.19. The Bertz CT molecular complexity index is 600. The van der Waals surface area contributed by atoms with Gasteiger partial charge in [0.05, 0.1) is 22.7 Å². The maximum atomic E-state index is 8.91. The summed E-state index contributed by atoms with van der Waals surface area (Å²) in [6.07, 6.45) is 3.64. The van der Waals surface area contributed by atoms with Crippen LogP contribution in [0.25, 0.3) is 11.0 Å². The Morgan fingerprint density at radius 2 is 2.29 bits per heavy atom. The summed E-state index contributed by atoms with van der Waals surface area (Å²) in [5.41, 5.74) is 2.84. The predicted molar refractivity (Wildman–Crippen MR) is 66.7 cm³/mol. The highest BCUT2D eigenvalue weighted by molar-refractivity contribution is 5.78. The third kappa shape index (κ3) is 1.70. The lowest BCUT2D eigenvalue weighted by molar-refractivity contribution is 0.656. The molecule has 0 aliphatic heterocycles. The van der Waals surface area contributed by atoms with E-state index in [1.165, 1.54) is 24.2 Å². The molecule has 17 heavy (non-hydrogen) atoms. The highest BCUT2D eigenvalue weighted by Crippen LogP contribution is 2.40. The summed E-state index contributed by atoms with van der Waals surface area (Å²) in [5.74, 6) is 1.87. The second kappa shape index (κ2) is 3.89. The average molecular weight is 225 g/mol. The van der Waals surface area contributed by atoms with Crippen LogP contribution in [0.15, 0.2) is 18.2 Å². The summed E-state index contributed by atoms with van der Waals surface area (Å²) in [4.78, 5) is 4.71. The van der Waals surface area contributed by atoms with Gasteiger partial charge in [-0.25, -0.2) is 4.98 Å². The van der Waals surface area contributed by atoms with Crippen LogP contribution in [0.1, 0.15) is 43.5 Å². The number of hydrogen-bond acceptors (Lipinski definition) is 2. The van der Waals surface area contributed by atoms with E-state index in [1.807, 2.05) is 18.2 Å². The van der Waals surface area contributed by atoms with Crippen molar-refractivity contribution in [2.45, 2.75) is 38.6 Å².